The summed E-state index contributed by atoms with van der Waals surface area (Å²) in [5.41, 5.74) is 2.08. The van der Waals surface area contributed by atoms with Crippen LogP contribution in [0, 0.1) is 0 Å². The van der Waals surface area contributed by atoms with Crippen molar-refractivity contribution in [1.29, 1.82) is 0 Å². The molecule has 0 radical (unpaired) electrons. The van der Waals surface area contributed by atoms with E-state index in [0.29, 0.717) is 11.8 Å². The molecule has 0 aliphatic rings. The van der Waals surface area contributed by atoms with Crippen molar-refractivity contribution in [3.8, 4) is 11.5 Å². The van der Waals surface area contributed by atoms with Gasteiger partial charge in [-0.1, -0.05) is 41.9 Å². The minimum absolute atomic E-state index is 0.0503. The van der Waals surface area contributed by atoms with Gasteiger partial charge in [-0.25, -0.2) is 0 Å². The lowest BCUT2D eigenvalue weighted by molar-refractivity contribution is 0.395. The van der Waals surface area contributed by atoms with Gasteiger partial charge in [0, 0.05) is 16.6 Å². The van der Waals surface area contributed by atoms with E-state index in [0.717, 1.165) is 16.1 Å². The predicted molar refractivity (Wildman–Crippen MR) is 91.2 cm³/mol. The molecular formula is C18H18ClN3O. The van der Waals surface area contributed by atoms with Crippen LogP contribution in [0.25, 0.3) is 11.5 Å². The fourth-order valence-electron chi connectivity index (χ4n) is 2.40. The number of rotatable bonds is 5. The van der Waals surface area contributed by atoms with Crippen molar-refractivity contribution < 1.29 is 4.42 Å². The third kappa shape index (κ3) is 3.78. The molecule has 1 N–H and O–H groups in total. The number of aromatic nitrogens is 2. The number of hydrogen-bond acceptors (Lipinski definition) is 4. The SMILES string of the molecule is C[C@@H](N[C@H](C)c1nnc(-c2ccccc2)o1)c1ccc(Cl)cc1. The van der Waals surface area contributed by atoms with Crippen LogP contribution in [0.4, 0.5) is 0 Å². The molecule has 0 amide bonds. The van der Waals surface area contributed by atoms with E-state index < -0.39 is 0 Å². The van der Waals surface area contributed by atoms with Crippen LogP contribution in [-0.4, -0.2) is 10.2 Å². The summed E-state index contributed by atoms with van der Waals surface area (Å²) >= 11 is 5.93. The molecule has 118 valence electrons. The average molecular weight is 328 g/mol. The molecule has 2 aromatic carbocycles. The van der Waals surface area contributed by atoms with Gasteiger partial charge in [0.1, 0.15) is 0 Å². The highest BCUT2D eigenvalue weighted by atomic mass is 35.5. The molecule has 1 aromatic heterocycles. The van der Waals surface area contributed by atoms with Gasteiger partial charge in [0.25, 0.3) is 0 Å². The number of nitrogens with one attached hydrogen (secondary N) is 1. The Labute approximate surface area is 140 Å². The topological polar surface area (TPSA) is 51.0 Å². The first-order chi connectivity index (χ1) is 11.1. The van der Waals surface area contributed by atoms with E-state index in [9.17, 15) is 0 Å². The molecule has 0 aliphatic heterocycles. The molecule has 0 saturated carbocycles. The molecule has 3 rings (SSSR count). The van der Waals surface area contributed by atoms with Crippen LogP contribution in [0.1, 0.15) is 37.4 Å². The van der Waals surface area contributed by atoms with E-state index in [4.69, 9.17) is 16.0 Å². The Morgan fingerprint density at radius 3 is 2.30 bits per heavy atom. The van der Waals surface area contributed by atoms with Crippen molar-refractivity contribution in [2.75, 3.05) is 0 Å². The third-order valence-electron chi connectivity index (χ3n) is 3.70. The lowest BCUT2D eigenvalue weighted by Crippen LogP contribution is -2.22. The van der Waals surface area contributed by atoms with Crippen molar-refractivity contribution in [3.05, 3.63) is 71.1 Å². The summed E-state index contributed by atoms with van der Waals surface area (Å²) < 4.78 is 5.78. The molecular weight excluding hydrogens is 310 g/mol. The molecule has 23 heavy (non-hydrogen) atoms. The second kappa shape index (κ2) is 6.94. The molecule has 4 nitrogen and oxygen atoms in total. The van der Waals surface area contributed by atoms with Crippen LogP contribution in [-0.2, 0) is 0 Å². The summed E-state index contributed by atoms with van der Waals surface area (Å²) in [6.45, 7) is 4.10. The zero-order valence-electron chi connectivity index (χ0n) is 13.0. The number of halogens is 1. The second-order valence-electron chi connectivity index (χ2n) is 5.47. The van der Waals surface area contributed by atoms with Gasteiger partial charge >= 0.3 is 0 Å². The Balaban J connectivity index is 1.70. The monoisotopic (exact) mass is 327 g/mol. The minimum Gasteiger partial charge on any atom is -0.419 e. The van der Waals surface area contributed by atoms with Gasteiger partial charge in [0.05, 0.1) is 6.04 Å². The Kier molecular flexibility index (Phi) is 4.74. The lowest BCUT2D eigenvalue weighted by Gasteiger charge is -2.17. The molecule has 2 atom stereocenters. The Morgan fingerprint density at radius 2 is 1.61 bits per heavy atom. The van der Waals surface area contributed by atoms with Gasteiger partial charge in [-0.15, -0.1) is 10.2 Å². The van der Waals surface area contributed by atoms with Crippen LogP contribution in [0.2, 0.25) is 5.02 Å². The van der Waals surface area contributed by atoms with Crippen LogP contribution < -0.4 is 5.32 Å². The zero-order chi connectivity index (χ0) is 16.2. The molecule has 0 fully saturated rings. The van der Waals surface area contributed by atoms with Crippen LogP contribution in [0.5, 0.6) is 0 Å². The Bertz CT molecular complexity index is 755. The van der Waals surface area contributed by atoms with E-state index in [1.54, 1.807) is 0 Å². The first-order valence-electron chi connectivity index (χ1n) is 7.54. The maximum absolute atomic E-state index is 5.93. The molecule has 0 unspecified atom stereocenters. The highest BCUT2D eigenvalue weighted by molar-refractivity contribution is 6.30. The summed E-state index contributed by atoms with van der Waals surface area (Å²) in [5, 5.41) is 12.5. The third-order valence-corrected chi connectivity index (χ3v) is 3.95. The maximum Gasteiger partial charge on any atom is 0.247 e. The van der Waals surface area contributed by atoms with Crippen LogP contribution >= 0.6 is 11.6 Å². The molecule has 0 saturated heterocycles. The smallest absolute Gasteiger partial charge is 0.247 e. The van der Waals surface area contributed by atoms with Gasteiger partial charge in [-0.05, 0) is 43.7 Å². The van der Waals surface area contributed by atoms with E-state index >= 15 is 0 Å². The van der Waals surface area contributed by atoms with Crippen molar-refractivity contribution >= 4 is 11.6 Å². The summed E-state index contributed by atoms with van der Waals surface area (Å²) in [5.74, 6) is 1.11. The lowest BCUT2D eigenvalue weighted by atomic mass is 10.1. The fourth-order valence-corrected chi connectivity index (χ4v) is 2.53. The van der Waals surface area contributed by atoms with Gasteiger partial charge in [-0.3, -0.25) is 5.32 Å². The van der Waals surface area contributed by atoms with Gasteiger partial charge in [-0.2, -0.15) is 0 Å². The first kappa shape index (κ1) is 15.7. The van der Waals surface area contributed by atoms with Crippen molar-refractivity contribution in [1.82, 2.24) is 15.5 Å². The number of benzene rings is 2. The highest BCUT2D eigenvalue weighted by Crippen LogP contribution is 2.23. The van der Waals surface area contributed by atoms with Crippen LogP contribution in [0.3, 0.4) is 0 Å². The standard InChI is InChI=1S/C18H18ClN3O/c1-12(14-8-10-16(19)11-9-14)20-13(2)17-21-22-18(23-17)15-6-4-3-5-7-15/h3-13,20H,1-2H3/t12-,13-/m1/s1. The highest BCUT2D eigenvalue weighted by Gasteiger charge is 2.17. The van der Waals surface area contributed by atoms with E-state index in [1.807, 2.05) is 61.5 Å². The largest absolute Gasteiger partial charge is 0.419 e. The van der Waals surface area contributed by atoms with E-state index in [-0.39, 0.29) is 12.1 Å². The normalized spacial score (nSPS) is 13.7. The predicted octanol–water partition coefficient (Wildman–Crippen LogP) is 4.80. The maximum atomic E-state index is 5.93. The zero-order valence-corrected chi connectivity index (χ0v) is 13.8. The van der Waals surface area contributed by atoms with Crippen molar-refractivity contribution in [2.24, 2.45) is 0 Å². The van der Waals surface area contributed by atoms with Crippen LogP contribution in [0.15, 0.2) is 59.0 Å². The fraction of sp³-hybridized carbons (Fsp3) is 0.222. The quantitative estimate of drug-likeness (QED) is 0.731. The van der Waals surface area contributed by atoms with E-state index in [1.165, 1.54) is 0 Å². The molecule has 0 spiro atoms. The molecule has 5 heteroatoms. The van der Waals surface area contributed by atoms with E-state index in [2.05, 4.69) is 22.4 Å². The van der Waals surface area contributed by atoms with Crippen molar-refractivity contribution in [2.45, 2.75) is 25.9 Å². The number of nitrogens with zero attached hydrogens (tertiary/aromatic N) is 2. The second-order valence-corrected chi connectivity index (χ2v) is 5.91. The van der Waals surface area contributed by atoms with Gasteiger partial charge < -0.3 is 4.42 Å². The Morgan fingerprint density at radius 1 is 0.913 bits per heavy atom. The summed E-state index contributed by atoms with van der Waals surface area (Å²) in [6, 6.07) is 17.6. The van der Waals surface area contributed by atoms with Crippen molar-refractivity contribution in [3.63, 3.8) is 0 Å². The minimum atomic E-state index is -0.0503. The average Bonchev–Trinajstić information content (AvgIpc) is 3.06. The summed E-state index contributed by atoms with van der Waals surface area (Å²) in [7, 11) is 0. The summed E-state index contributed by atoms with van der Waals surface area (Å²) in [4.78, 5) is 0. The molecule has 3 aromatic rings. The van der Waals surface area contributed by atoms with Gasteiger partial charge in [0.2, 0.25) is 11.8 Å². The summed E-state index contributed by atoms with van der Waals surface area (Å²) in [6.07, 6.45) is 0. The van der Waals surface area contributed by atoms with Gasteiger partial charge in [0.15, 0.2) is 0 Å². The molecule has 0 bridgehead atoms. The number of hydrogen-bond donors (Lipinski definition) is 1. The first-order valence-corrected chi connectivity index (χ1v) is 7.91. The Hall–Kier alpha value is -2.17. The molecule has 1 heterocycles. The molecule has 0 aliphatic carbocycles.